The lowest BCUT2D eigenvalue weighted by Gasteiger charge is -2.33. The molecule has 0 spiro atoms. The second-order valence-corrected chi connectivity index (χ2v) is 4.54. The van der Waals surface area contributed by atoms with Gasteiger partial charge in [-0.2, -0.15) is 0 Å². The van der Waals surface area contributed by atoms with E-state index in [2.05, 4.69) is 4.74 Å². The Kier molecular flexibility index (Phi) is 6.14. The van der Waals surface area contributed by atoms with Gasteiger partial charge in [-0.05, 0) is 13.3 Å². The monoisotopic (exact) mass is 284 g/mol. The van der Waals surface area contributed by atoms with Crippen LogP contribution in [-0.2, 0) is 23.9 Å². The summed E-state index contributed by atoms with van der Waals surface area (Å²) in [5, 5.41) is 0. The SMILES string of the molecule is CCCN1CCN(CC(=O)CC(=O)OCC)C(=O)C1=O. The molecule has 0 aliphatic carbocycles. The maximum absolute atomic E-state index is 11.8. The number of esters is 1. The van der Waals surface area contributed by atoms with E-state index in [0.29, 0.717) is 19.6 Å². The molecule has 1 aliphatic heterocycles. The van der Waals surface area contributed by atoms with Gasteiger partial charge in [0.25, 0.3) is 0 Å². The van der Waals surface area contributed by atoms with Crippen LogP contribution in [0.4, 0.5) is 0 Å². The zero-order valence-electron chi connectivity index (χ0n) is 11.9. The van der Waals surface area contributed by atoms with Crippen molar-refractivity contribution in [1.29, 1.82) is 0 Å². The van der Waals surface area contributed by atoms with Crippen LogP contribution in [-0.4, -0.2) is 66.2 Å². The molecular formula is C13H20N2O5. The van der Waals surface area contributed by atoms with Crippen LogP contribution in [0.1, 0.15) is 26.7 Å². The Morgan fingerprint density at radius 3 is 2.30 bits per heavy atom. The van der Waals surface area contributed by atoms with Crippen LogP contribution in [0.15, 0.2) is 0 Å². The van der Waals surface area contributed by atoms with Crippen LogP contribution < -0.4 is 0 Å². The predicted octanol–water partition coefficient (Wildman–Crippen LogP) is -0.410. The Morgan fingerprint density at radius 2 is 1.70 bits per heavy atom. The normalized spacial score (nSPS) is 15.5. The molecule has 112 valence electrons. The number of ether oxygens (including phenoxy) is 1. The van der Waals surface area contributed by atoms with Gasteiger partial charge in [-0.3, -0.25) is 19.2 Å². The molecule has 0 N–H and O–H groups in total. The van der Waals surface area contributed by atoms with Gasteiger partial charge in [0.2, 0.25) is 0 Å². The van der Waals surface area contributed by atoms with Crippen molar-refractivity contribution in [2.45, 2.75) is 26.7 Å². The van der Waals surface area contributed by atoms with Crippen molar-refractivity contribution < 1.29 is 23.9 Å². The molecule has 0 aromatic carbocycles. The molecule has 0 aromatic rings. The molecule has 7 heteroatoms. The summed E-state index contributed by atoms with van der Waals surface area (Å²) in [4.78, 5) is 49.1. The molecule has 0 radical (unpaired) electrons. The third-order valence-electron chi connectivity index (χ3n) is 2.90. The third-order valence-corrected chi connectivity index (χ3v) is 2.90. The second kappa shape index (κ2) is 7.62. The maximum atomic E-state index is 11.8. The number of Topliss-reactive ketones (excluding diaryl/α,β-unsaturated/α-hetero) is 1. The minimum Gasteiger partial charge on any atom is -0.466 e. The Balaban J connectivity index is 2.49. The summed E-state index contributed by atoms with van der Waals surface area (Å²) in [6, 6.07) is 0. The Labute approximate surface area is 117 Å². The van der Waals surface area contributed by atoms with Crippen LogP contribution in [0.25, 0.3) is 0 Å². The number of amides is 2. The van der Waals surface area contributed by atoms with Crippen LogP contribution in [0.2, 0.25) is 0 Å². The first-order valence-corrected chi connectivity index (χ1v) is 6.75. The van der Waals surface area contributed by atoms with E-state index in [0.717, 1.165) is 6.42 Å². The largest absolute Gasteiger partial charge is 0.466 e. The van der Waals surface area contributed by atoms with E-state index in [-0.39, 0.29) is 19.6 Å². The Bertz CT molecular complexity index is 408. The summed E-state index contributed by atoms with van der Waals surface area (Å²) >= 11 is 0. The van der Waals surface area contributed by atoms with Crippen molar-refractivity contribution in [1.82, 2.24) is 9.80 Å². The first-order valence-electron chi connectivity index (χ1n) is 6.75. The van der Waals surface area contributed by atoms with Gasteiger partial charge in [-0.1, -0.05) is 6.92 Å². The van der Waals surface area contributed by atoms with E-state index < -0.39 is 23.6 Å². The highest BCUT2D eigenvalue weighted by molar-refractivity contribution is 6.35. The molecule has 1 fully saturated rings. The van der Waals surface area contributed by atoms with Crippen LogP contribution in [0, 0.1) is 0 Å². The average molecular weight is 284 g/mol. The van der Waals surface area contributed by atoms with Gasteiger partial charge in [-0.15, -0.1) is 0 Å². The van der Waals surface area contributed by atoms with E-state index in [4.69, 9.17) is 0 Å². The molecule has 1 heterocycles. The lowest BCUT2D eigenvalue weighted by molar-refractivity contribution is -0.157. The highest BCUT2D eigenvalue weighted by atomic mass is 16.5. The number of piperazine rings is 1. The molecule has 20 heavy (non-hydrogen) atoms. The minimum absolute atomic E-state index is 0.208. The summed E-state index contributed by atoms with van der Waals surface area (Å²) in [6.45, 7) is 4.84. The van der Waals surface area contributed by atoms with Crippen molar-refractivity contribution >= 4 is 23.6 Å². The molecule has 2 amide bonds. The molecule has 0 saturated carbocycles. The number of rotatable bonds is 7. The molecule has 1 saturated heterocycles. The molecule has 0 bridgehead atoms. The van der Waals surface area contributed by atoms with Crippen molar-refractivity contribution in [2.75, 3.05) is 32.8 Å². The predicted molar refractivity (Wildman–Crippen MR) is 69.7 cm³/mol. The van der Waals surface area contributed by atoms with E-state index in [1.165, 1.54) is 9.80 Å². The first-order chi connectivity index (χ1) is 9.49. The fraction of sp³-hybridized carbons (Fsp3) is 0.692. The number of carbonyl (C=O) groups excluding carboxylic acids is 4. The number of hydrogen-bond donors (Lipinski definition) is 0. The Hall–Kier alpha value is -1.92. The van der Waals surface area contributed by atoms with Gasteiger partial charge in [0.1, 0.15) is 6.42 Å². The topological polar surface area (TPSA) is 84.0 Å². The summed E-state index contributed by atoms with van der Waals surface area (Å²) in [7, 11) is 0. The highest BCUT2D eigenvalue weighted by Crippen LogP contribution is 2.06. The van der Waals surface area contributed by atoms with E-state index in [1.807, 2.05) is 6.92 Å². The van der Waals surface area contributed by atoms with Gasteiger partial charge < -0.3 is 14.5 Å². The average Bonchev–Trinajstić information content (AvgIpc) is 2.38. The highest BCUT2D eigenvalue weighted by Gasteiger charge is 2.33. The first kappa shape index (κ1) is 16.1. The van der Waals surface area contributed by atoms with Crippen molar-refractivity contribution in [2.24, 2.45) is 0 Å². The summed E-state index contributed by atoms with van der Waals surface area (Å²) in [5.41, 5.74) is 0. The summed E-state index contributed by atoms with van der Waals surface area (Å²) in [6.07, 6.45) is 0.408. The second-order valence-electron chi connectivity index (χ2n) is 4.54. The van der Waals surface area contributed by atoms with Gasteiger partial charge in [0.05, 0.1) is 13.2 Å². The van der Waals surface area contributed by atoms with Gasteiger partial charge in [0, 0.05) is 19.6 Å². The third kappa shape index (κ3) is 4.32. The lowest BCUT2D eigenvalue weighted by Crippen LogP contribution is -2.55. The number of ketones is 1. The Morgan fingerprint density at radius 1 is 1.10 bits per heavy atom. The molecule has 0 aromatic heterocycles. The van der Waals surface area contributed by atoms with Crippen LogP contribution in [0.3, 0.4) is 0 Å². The van der Waals surface area contributed by atoms with Crippen molar-refractivity contribution in [3.63, 3.8) is 0 Å². The quantitative estimate of drug-likeness (QED) is 0.360. The molecule has 1 aliphatic rings. The van der Waals surface area contributed by atoms with Gasteiger partial charge in [-0.25, -0.2) is 0 Å². The van der Waals surface area contributed by atoms with E-state index in [9.17, 15) is 19.2 Å². The zero-order chi connectivity index (χ0) is 15.1. The molecular weight excluding hydrogens is 264 g/mol. The molecule has 7 nitrogen and oxygen atoms in total. The standard InChI is InChI=1S/C13H20N2O5/c1-3-5-14-6-7-15(13(19)12(14)18)9-10(16)8-11(17)20-4-2/h3-9H2,1-2H3. The molecule has 1 rings (SSSR count). The lowest BCUT2D eigenvalue weighted by atomic mass is 10.2. The van der Waals surface area contributed by atoms with Crippen molar-refractivity contribution in [3.8, 4) is 0 Å². The van der Waals surface area contributed by atoms with Gasteiger partial charge in [0.15, 0.2) is 5.78 Å². The van der Waals surface area contributed by atoms with E-state index >= 15 is 0 Å². The summed E-state index contributed by atoms with van der Waals surface area (Å²) < 4.78 is 4.66. The number of carbonyl (C=O) groups is 4. The zero-order valence-corrected chi connectivity index (χ0v) is 11.9. The fourth-order valence-corrected chi connectivity index (χ4v) is 1.99. The van der Waals surface area contributed by atoms with Crippen LogP contribution >= 0.6 is 0 Å². The molecule has 0 unspecified atom stereocenters. The number of hydrogen-bond acceptors (Lipinski definition) is 5. The van der Waals surface area contributed by atoms with E-state index in [1.54, 1.807) is 6.92 Å². The van der Waals surface area contributed by atoms with Crippen molar-refractivity contribution in [3.05, 3.63) is 0 Å². The fourth-order valence-electron chi connectivity index (χ4n) is 1.99. The minimum atomic E-state index is -0.679. The van der Waals surface area contributed by atoms with Gasteiger partial charge >= 0.3 is 17.8 Å². The summed E-state index contributed by atoms with van der Waals surface area (Å²) in [5.74, 6) is -2.29. The van der Waals surface area contributed by atoms with Crippen LogP contribution in [0.5, 0.6) is 0 Å². The number of nitrogens with zero attached hydrogens (tertiary/aromatic N) is 2. The molecule has 0 atom stereocenters. The maximum Gasteiger partial charge on any atom is 0.313 e. The smallest absolute Gasteiger partial charge is 0.313 e.